The van der Waals surface area contributed by atoms with Gasteiger partial charge in [0.2, 0.25) is 12.0 Å². The van der Waals surface area contributed by atoms with Crippen molar-refractivity contribution >= 4 is 0 Å². The van der Waals surface area contributed by atoms with Gasteiger partial charge in [0, 0.05) is 0 Å². The smallest absolute Gasteiger partial charge is 0.229 e. The van der Waals surface area contributed by atoms with Crippen LogP contribution >= 0.6 is 0 Å². The van der Waals surface area contributed by atoms with Crippen LogP contribution in [-0.4, -0.2) is 100.0 Å². The van der Waals surface area contributed by atoms with Crippen molar-refractivity contribution in [3.63, 3.8) is 0 Å². The van der Waals surface area contributed by atoms with E-state index in [-0.39, 0.29) is 22.8 Å². The van der Waals surface area contributed by atoms with Crippen LogP contribution in [0, 0.1) is 0 Å². The SMILES string of the molecule is COc1cc([C@@H](O)[C@H](O)CO)cc(OC)c1O[C@@H]1O[C@H](CO)[C@@H](O)[C@H](O)[C@H]1O. The Morgan fingerprint density at radius 2 is 1.54 bits per heavy atom. The van der Waals surface area contributed by atoms with Crippen molar-refractivity contribution in [2.24, 2.45) is 0 Å². The van der Waals surface area contributed by atoms with E-state index in [1.54, 1.807) is 0 Å². The second kappa shape index (κ2) is 9.67. The van der Waals surface area contributed by atoms with Gasteiger partial charge in [-0.2, -0.15) is 0 Å². The molecule has 160 valence electrons. The van der Waals surface area contributed by atoms with E-state index >= 15 is 0 Å². The molecular weight excluding hydrogens is 380 g/mol. The van der Waals surface area contributed by atoms with Crippen molar-refractivity contribution < 1.29 is 54.7 Å². The molecule has 0 spiro atoms. The number of hydrogen-bond donors (Lipinski definition) is 7. The van der Waals surface area contributed by atoms with Crippen LogP contribution in [0.25, 0.3) is 0 Å². The van der Waals surface area contributed by atoms with E-state index in [9.17, 15) is 30.6 Å². The van der Waals surface area contributed by atoms with Crippen molar-refractivity contribution in [3.8, 4) is 17.2 Å². The van der Waals surface area contributed by atoms with Crippen LogP contribution in [0.15, 0.2) is 12.1 Å². The Morgan fingerprint density at radius 3 is 2.00 bits per heavy atom. The minimum absolute atomic E-state index is 0.0375. The lowest BCUT2D eigenvalue weighted by Gasteiger charge is -2.39. The highest BCUT2D eigenvalue weighted by atomic mass is 16.7. The van der Waals surface area contributed by atoms with Gasteiger partial charge in [-0.3, -0.25) is 0 Å². The molecule has 28 heavy (non-hydrogen) atoms. The van der Waals surface area contributed by atoms with Crippen molar-refractivity contribution in [3.05, 3.63) is 17.7 Å². The van der Waals surface area contributed by atoms with Gasteiger partial charge in [-0.25, -0.2) is 0 Å². The number of ether oxygens (including phenoxy) is 4. The van der Waals surface area contributed by atoms with Crippen LogP contribution in [0.1, 0.15) is 11.7 Å². The number of hydrogen-bond acceptors (Lipinski definition) is 11. The van der Waals surface area contributed by atoms with E-state index in [1.807, 2.05) is 0 Å². The fraction of sp³-hybridized carbons (Fsp3) is 0.647. The predicted molar refractivity (Wildman–Crippen MR) is 92.0 cm³/mol. The van der Waals surface area contributed by atoms with E-state index < -0.39 is 56.1 Å². The fourth-order valence-electron chi connectivity index (χ4n) is 2.79. The van der Waals surface area contributed by atoms with Crippen LogP contribution in [0.3, 0.4) is 0 Å². The molecule has 0 unspecified atom stereocenters. The van der Waals surface area contributed by atoms with E-state index in [0.717, 1.165) is 0 Å². The van der Waals surface area contributed by atoms with Crippen molar-refractivity contribution in [2.45, 2.75) is 42.9 Å². The molecule has 0 bridgehead atoms. The van der Waals surface area contributed by atoms with Crippen molar-refractivity contribution in [1.82, 2.24) is 0 Å². The summed E-state index contributed by atoms with van der Waals surface area (Å²) in [6.45, 7) is -1.29. The summed E-state index contributed by atoms with van der Waals surface area (Å²) >= 11 is 0. The van der Waals surface area contributed by atoms with Crippen LogP contribution in [0.4, 0.5) is 0 Å². The standard InChI is InChI=1S/C17H26O11/c1-25-9-3-7(12(21)8(20)5-18)4-10(26-2)16(9)28-17-15(24)14(23)13(22)11(6-19)27-17/h3-4,8,11-15,17-24H,5-6H2,1-2H3/t8-,11-,12-,13-,14+,15-,17+/m1/s1. The number of benzene rings is 1. The highest BCUT2D eigenvalue weighted by Gasteiger charge is 2.45. The molecule has 11 heteroatoms. The molecule has 0 aromatic heterocycles. The van der Waals surface area contributed by atoms with E-state index in [4.69, 9.17) is 24.1 Å². The maximum Gasteiger partial charge on any atom is 0.229 e. The van der Waals surface area contributed by atoms with E-state index in [0.29, 0.717) is 0 Å². The lowest BCUT2D eigenvalue weighted by atomic mass is 9.99. The summed E-state index contributed by atoms with van der Waals surface area (Å²) in [4.78, 5) is 0. The fourth-order valence-corrected chi connectivity index (χ4v) is 2.79. The van der Waals surface area contributed by atoms with Gasteiger partial charge in [-0.05, 0) is 17.7 Å². The molecule has 1 aromatic carbocycles. The molecule has 11 nitrogen and oxygen atoms in total. The normalized spacial score (nSPS) is 29.8. The van der Waals surface area contributed by atoms with E-state index in [2.05, 4.69) is 0 Å². The second-order valence-corrected chi connectivity index (χ2v) is 6.26. The topological polar surface area (TPSA) is 179 Å². The first-order valence-corrected chi connectivity index (χ1v) is 8.49. The maximum absolute atomic E-state index is 10.1. The van der Waals surface area contributed by atoms with Gasteiger partial charge < -0.3 is 54.7 Å². The first kappa shape index (κ1) is 22.6. The molecule has 0 radical (unpaired) electrons. The Bertz CT molecular complexity index is 613. The van der Waals surface area contributed by atoms with Gasteiger partial charge >= 0.3 is 0 Å². The van der Waals surface area contributed by atoms with Gasteiger partial charge in [0.1, 0.15) is 36.6 Å². The molecule has 1 aliphatic rings. The zero-order valence-electron chi connectivity index (χ0n) is 15.4. The van der Waals surface area contributed by atoms with Gasteiger partial charge in [0.05, 0.1) is 27.4 Å². The summed E-state index contributed by atoms with van der Waals surface area (Å²) in [5.74, 6) is 0.0229. The zero-order chi connectivity index (χ0) is 21.0. The largest absolute Gasteiger partial charge is 0.493 e. The Morgan fingerprint density at radius 1 is 0.964 bits per heavy atom. The summed E-state index contributed by atoms with van der Waals surface area (Å²) in [5.41, 5.74) is 0.163. The summed E-state index contributed by atoms with van der Waals surface area (Å²) < 4.78 is 21.3. The monoisotopic (exact) mass is 406 g/mol. The van der Waals surface area contributed by atoms with Crippen LogP contribution < -0.4 is 14.2 Å². The molecule has 1 aliphatic heterocycles. The van der Waals surface area contributed by atoms with Gasteiger partial charge in [0.25, 0.3) is 0 Å². The molecule has 7 N–H and O–H groups in total. The number of rotatable bonds is 8. The second-order valence-electron chi connectivity index (χ2n) is 6.26. The number of methoxy groups -OCH3 is 2. The quantitative estimate of drug-likeness (QED) is 0.238. The highest BCUT2D eigenvalue weighted by Crippen LogP contribution is 2.42. The lowest BCUT2D eigenvalue weighted by molar-refractivity contribution is -0.277. The number of aliphatic hydroxyl groups is 7. The Labute approximate surface area is 160 Å². The molecular formula is C17H26O11. The predicted octanol–water partition coefficient (Wildman–Crippen LogP) is -2.73. The summed E-state index contributed by atoms with van der Waals surface area (Å²) in [6, 6.07) is 2.65. The molecule has 0 saturated carbocycles. The van der Waals surface area contributed by atoms with Gasteiger partial charge in [-0.1, -0.05) is 0 Å². The van der Waals surface area contributed by atoms with Crippen LogP contribution in [-0.2, 0) is 4.74 Å². The molecule has 0 amide bonds. The lowest BCUT2D eigenvalue weighted by Crippen LogP contribution is -2.60. The summed E-state index contributed by atoms with van der Waals surface area (Å²) in [5, 5.41) is 67.9. The van der Waals surface area contributed by atoms with E-state index in [1.165, 1.54) is 26.4 Å². The first-order valence-electron chi connectivity index (χ1n) is 8.49. The molecule has 1 saturated heterocycles. The van der Waals surface area contributed by atoms with Gasteiger partial charge in [-0.15, -0.1) is 0 Å². The summed E-state index contributed by atoms with van der Waals surface area (Å²) in [7, 11) is 2.60. The van der Waals surface area contributed by atoms with Crippen LogP contribution in [0.2, 0.25) is 0 Å². The zero-order valence-corrected chi connectivity index (χ0v) is 15.4. The first-order chi connectivity index (χ1) is 13.3. The summed E-state index contributed by atoms with van der Waals surface area (Å²) in [6.07, 6.45) is -10.3. The van der Waals surface area contributed by atoms with Gasteiger partial charge in [0.15, 0.2) is 11.5 Å². The minimum Gasteiger partial charge on any atom is -0.493 e. The molecule has 2 rings (SSSR count). The molecule has 0 aliphatic carbocycles. The Hall–Kier alpha value is -1.70. The Kier molecular flexibility index (Phi) is 7.80. The molecule has 1 aromatic rings. The third-order valence-corrected chi connectivity index (χ3v) is 4.46. The third-order valence-electron chi connectivity index (χ3n) is 4.46. The average Bonchev–Trinajstić information content (AvgIpc) is 2.72. The molecule has 1 fully saturated rings. The third kappa shape index (κ3) is 4.47. The van der Waals surface area contributed by atoms with Crippen LogP contribution in [0.5, 0.6) is 17.2 Å². The minimum atomic E-state index is -1.64. The average molecular weight is 406 g/mol. The molecule has 7 atom stereocenters. The van der Waals surface area contributed by atoms with Crippen molar-refractivity contribution in [2.75, 3.05) is 27.4 Å². The number of aliphatic hydroxyl groups excluding tert-OH is 7. The molecule has 1 heterocycles. The van der Waals surface area contributed by atoms with Crippen molar-refractivity contribution in [1.29, 1.82) is 0 Å². The maximum atomic E-state index is 10.1. The Balaban J connectivity index is 2.36. The highest BCUT2D eigenvalue weighted by molar-refractivity contribution is 5.54.